The second kappa shape index (κ2) is 11.3. The lowest BCUT2D eigenvalue weighted by atomic mass is 10.1. The molecule has 0 radical (unpaired) electrons. The summed E-state index contributed by atoms with van der Waals surface area (Å²) in [6.45, 7) is 6.38. The molecule has 0 aromatic heterocycles. The molecule has 0 spiro atoms. The van der Waals surface area contributed by atoms with Crippen molar-refractivity contribution in [2.24, 2.45) is 0 Å². The number of carbonyl (C=O) groups is 2. The fourth-order valence-corrected chi connectivity index (χ4v) is 3.12. The maximum Gasteiger partial charge on any atom is 0.409 e. The van der Waals surface area contributed by atoms with Crippen LogP contribution >= 0.6 is 0 Å². The van der Waals surface area contributed by atoms with Gasteiger partial charge >= 0.3 is 12.1 Å². The van der Waals surface area contributed by atoms with E-state index < -0.39 is 0 Å². The molecule has 1 aliphatic rings. The van der Waals surface area contributed by atoms with Gasteiger partial charge in [-0.25, -0.2) is 9.59 Å². The second-order valence-electron chi connectivity index (χ2n) is 6.53. The molecule has 2 N–H and O–H groups in total. The Labute approximate surface area is 166 Å². The van der Waals surface area contributed by atoms with Crippen molar-refractivity contribution < 1.29 is 23.8 Å². The zero-order valence-corrected chi connectivity index (χ0v) is 17.0. The van der Waals surface area contributed by atoms with E-state index in [9.17, 15) is 9.59 Å². The Morgan fingerprint density at radius 3 is 2.54 bits per heavy atom. The third-order valence-electron chi connectivity index (χ3n) is 4.58. The number of piperidine rings is 1. The highest BCUT2D eigenvalue weighted by molar-refractivity contribution is 5.74. The van der Waals surface area contributed by atoms with E-state index in [1.807, 2.05) is 25.1 Å². The van der Waals surface area contributed by atoms with Crippen molar-refractivity contribution >= 4 is 12.1 Å². The van der Waals surface area contributed by atoms with Crippen LogP contribution in [0, 0.1) is 0 Å². The normalized spacial score (nSPS) is 14.3. The van der Waals surface area contributed by atoms with Gasteiger partial charge in [-0.3, -0.25) is 0 Å². The number of ether oxygens (including phenoxy) is 3. The Morgan fingerprint density at radius 2 is 1.89 bits per heavy atom. The van der Waals surface area contributed by atoms with Crippen molar-refractivity contribution in [3.63, 3.8) is 0 Å². The molecule has 1 saturated heterocycles. The minimum absolute atomic E-state index is 0.0660. The maximum absolute atomic E-state index is 12.1. The number of likely N-dealkylation sites (tertiary alicyclic amines) is 1. The van der Waals surface area contributed by atoms with Crippen LogP contribution in [-0.4, -0.2) is 63.0 Å². The van der Waals surface area contributed by atoms with Gasteiger partial charge in [0.25, 0.3) is 0 Å². The lowest BCUT2D eigenvalue weighted by Crippen LogP contribution is -2.49. The van der Waals surface area contributed by atoms with Crippen molar-refractivity contribution in [3.05, 3.63) is 23.8 Å². The van der Waals surface area contributed by atoms with Gasteiger partial charge in [0, 0.05) is 25.7 Å². The Bertz CT molecular complexity index is 645. The molecule has 2 rings (SSSR count). The van der Waals surface area contributed by atoms with Gasteiger partial charge in [-0.2, -0.15) is 0 Å². The molecule has 1 aromatic carbocycles. The molecule has 0 atom stereocenters. The van der Waals surface area contributed by atoms with Crippen LogP contribution in [0.4, 0.5) is 9.59 Å². The lowest BCUT2D eigenvalue weighted by molar-refractivity contribution is 0.0957. The molecule has 1 heterocycles. The monoisotopic (exact) mass is 393 g/mol. The summed E-state index contributed by atoms with van der Waals surface area (Å²) in [4.78, 5) is 25.5. The van der Waals surface area contributed by atoms with Crippen molar-refractivity contribution in [3.8, 4) is 11.5 Å². The summed E-state index contributed by atoms with van der Waals surface area (Å²) in [6, 6.07) is 5.66. The number of nitrogens with zero attached hydrogens (tertiary/aromatic N) is 1. The summed E-state index contributed by atoms with van der Waals surface area (Å²) in [5, 5.41) is 5.85. The fraction of sp³-hybridized carbons (Fsp3) is 0.600. The molecule has 8 heteroatoms. The van der Waals surface area contributed by atoms with Crippen molar-refractivity contribution in [1.82, 2.24) is 15.5 Å². The highest BCUT2D eigenvalue weighted by atomic mass is 16.6. The maximum atomic E-state index is 12.1. The summed E-state index contributed by atoms with van der Waals surface area (Å²) in [7, 11) is 1.61. The van der Waals surface area contributed by atoms with E-state index in [0.29, 0.717) is 50.8 Å². The Kier molecular flexibility index (Phi) is 8.71. The Hall–Kier alpha value is -2.64. The van der Waals surface area contributed by atoms with Gasteiger partial charge in [0.2, 0.25) is 0 Å². The number of benzene rings is 1. The fourth-order valence-electron chi connectivity index (χ4n) is 3.12. The number of hydrogen-bond acceptors (Lipinski definition) is 5. The molecule has 1 aliphatic heterocycles. The third-order valence-corrected chi connectivity index (χ3v) is 4.58. The van der Waals surface area contributed by atoms with Gasteiger partial charge < -0.3 is 29.7 Å². The molecule has 0 unspecified atom stereocenters. The molecule has 156 valence electrons. The summed E-state index contributed by atoms with van der Waals surface area (Å²) >= 11 is 0. The first-order valence-corrected chi connectivity index (χ1v) is 9.83. The van der Waals surface area contributed by atoms with Crippen molar-refractivity contribution in [1.29, 1.82) is 0 Å². The van der Waals surface area contributed by atoms with Gasteiger partial charge in [0.1, 0.15) is 0 Å². The molecule has 0 saturated carbocycles. The van der Waals surface area contributed by atoms with Crippen LogP contribution in [0.1, 0.15) is 32.3 Å². The summed E-state index contributed by atoms with van der Waals surface area (Å²) in [6.07, 6.45) is 1.86. The van der Waals surface area contributed by atoms with E-state index in [1.165, 1.54) is 0 Å². The predicted octanol–water partition coefficient (Wildman–Crippen LogP) is 2.56. The highest BCUT2D eigenvalue weighted by Gasteiger charge is 2.24. The zero-order valence-electron chi connectivity index (χ0n) is 17.0. The molecule has 8 nitrogen and oxygen atoms in total. The van der Waals surface area contributed by atoms with E-state index in [1.54, 1.807) is 18.9 Å². The molecule has 1 aromatic rings. The highest BCUT2D eigenvalue weighted by Crippen LogP contribution is 2.28. The first-order valence-electron chi connectivity index (χ1n) is 9.83. The molecule has 28 heavy (non-hydrogen) atoms. The Balaban J connectivity index is 1.70. The number of amides is 3. The van der Waals surface area contributed by atoms with E-state index in [0.717, 1.165) is 18.4 Å². The zero-order chi connectivity index (χ0) is 20.4. The number of carbonyl (C=O) groups excluding carboxylic acids is 2. The average Bonchev–Trinajstić information content (AvgIpc) is 2.70. The van der Waals surface area contributed by atoms with E-state index in [2.05, 4.69) is 10.6 Å². The van der Waals surface area contributed by atoms with Crippen LogP contribution in [0.5, 0.6) is 11.5 Å². The standard InChI is InChI=1S/C20H31N3O5/c1-4-27-17-7-6-15(14-18(17)26-3)8-11-21-19(24)22-16-9-12-23(13-10-16)20(25)28-5-2/h6-7,14,16H,4-5,8-13H2,1-3H3,(H2,21,22,24). The smallest absolute Gasteiger partial charge is 0.409 e. The van der Waals surface area contributed by atoms with Crippen LogP contribution in [0.15, 0.2) is 18.2 Å². The molecule has 1 fully saturated rings. The van der Waals surface area contributed by atoms with Crippen LogP contribution in [-0.2, 0) is 11.2 Å². The quantitative estimate of drug-likeness (QED) is 0.709. The molecule has 0 bridgehead atoms. The first kappa shape index (κ1) is 21.7. The molecular formula is C20H31N3O5. The minimum Gasteiger partial charge on any atom is -0.493 e. The van der Waals surface area contributed by atoms with Crippen molar-refractivity contribution in [2.75, 3.05) is 40.0 Å². The summed E-state index contributed by atoms with van der Waals surface area (Å²) in [5.41, 5.74) is 1.06. The van der Waals surface area contributed by atoms with Crippen LogP contribution < -0.4 is 20.1 Å². The largest absolute Gasteiger partial charge is 0.493 e. The van der Waals surface area contributed by atoms with Gasteiger partial charge in [-0.15, -0.1) is 0 Å². The number of methoxy groups -OCH3 is 1. The first-order chi connectivity index (χ1) is 13.6. The number of nitrogens with one attached hydrogen (secondary N) is 2. The van der Waals surface area contributed by atoms with Gasteiger partial charge in [0.05, 0.1) is 20.3 Å². The van der Waals surface area contributed by atoms with E-state index in [-0.39, 0.29) is 18.2 Å². The summed E-state index contributed by atoms with van der Waals surface area (Å²) in [5.74, 6) is 1.41. The number of hydrogen-bond donors (Lipinski definition) is 2. The number of rotatable bonds is 8. The minimum atomic E-state index is -0.281. The SMILES string of the molecule is CCOC(=O)N1CCC(NC(=O)NCCc2ccc(OCC)c(OC)c2)CC1. The van der Waals surface area contributed by atoms with Crippen LogP contribution in [0.3, 0.4) is 0 Å². The van der Waals surface area contributed by atoms with Crippen molar-refractivity contribution in [2.45, 2.75) is 39.2 Å². The van der Waals surface area contributed by atoms with Gasteiger partial charge in [0.15, 0.2) is 11.5 Å². The number of urea groups is 1. The average molecular weight is 393 g/mol. The molecule has 0 aliphatic carbocycles. The second-order valence-corrected chi connectivity index (χ2v) is 6.53. The third kappa shape index (κ3) is 6.51. The van der Waals surface area contributed by atoms with Gasteiger partial charge in [-0.05, 0) is 50.8 Å². The molecular weight excluding hydrogens is 362 g/mol. The topological polar surface area (TPSA) is 89.1 Å². The Morgan fingerprint density at radius 1 is 1.14 bits per heavy atom. The van der Waals surface area contributed by atoms with E-state index >= 15 is 0 Å². The van der Waals surface area contributed by atoms with Crippen LogP contribution in [0.25, 0.3) is 0 Å². The van der Waals surface area contributed by atoms with Crippen LogP contribution in [0.2, 0.25) is 0 Å². The van der Waals surface area contributed by atoms with Gasteiger partial charge in [-0.1, -0.05) is 6.07 Å². The predicted molar refractivity (Wildman–Crippen MR) is 106 cm³/mol. The lowest BCUT2D eigenvalue weighted by Gasteiger charge is -2.31. The van der Waals surface area contributed by atoms with E-state index in [4.69, 9.17) is 14.2 Å². The molecule has 3 amide bonds. The summed E-state index contributed by atoms with van der Waals surface area (Å²) < 4.78 is 15.9.